The maximum Gasteiger partial charge on any atom is 0.472 e. The Hall–Kier alpha value is -1.80. The van der Waals surface area contributed by atoms with Gasteiger partial charge in [0.15, 0.2) is 0 Å². The molecule has 0 rings (SSSR count). The van der Waals surface area contributed by atoms with E-state index < -0.39 is 20.0 Å². The number of unbranched alkanes of at least 4 members (excludes halogenated alkanes) is 15. The van der Waals surface area contributed by atoms with E-state index >= 15 is 0 Å². The lowest BCUT2D eigenvalue weighted by Gasteiger charge is -2.23. The average Bonchev–Trinajstić information content (AvgIpc) is 3.09. The Kier molecular flexibility index (Phi) is 34.7. The molecule has 0 aliphatic heterocycles. The highest BCUT2D eigenvalue weighted by Crippen LogP contribution is 2.43. The molecule has 0 radical (unpaired) electrons. The van der Waals surface area contributed by atoms with Gasteiger partial charge in [0, 0.05) is 6.42 Å². The first kappa shape index (κ1) is 47.2. The van der Waals surface area contributed by atoms with Gasteiger partial charge in [-0.05, 0) is 57.8 Å². The molecule has 6 N–H and O–H groups in total. The zero-order chi connectivity index (χ0) is 36.1. The number of quaternary nitrogens is 1. The Bertz CT molecular complexity index is 949. The Morgan fingerprint density at radius 3 is 1.67 bits per heavy atom. The van der Waals surface area contributed by atoms with Crippen LogP contribution in [0.25, 0.3) is 0 Å². The van der Waals surface area contributed by atoms with Gasteiger partial charge in [-0.1, -0.05) is 152 Å². The SMILES string of the molecule is CCCCC/C=C\C/C=C\C/C=C\C/C=C\CCCC(=O)N[C@@H](COP(=O)(O)OCC[NH3+])[C@H](O)/C=C/CCCCCCCCCCCCC. The normalized spacial score (nSPS) is 15.0. The van der Waals surface area contributed by atoms with Crippen molar-refractivity contribution < 1.29 is 34.1 Å². The van der Waals surface area contributed by atoms with Crippen LogP contribution in [0.4, 0.5) is 0 Å². The minimum atomic E-state index is -4.31. The predicted molar refractivity (Wildman–Crippen MR) is 206 cm³/mol. The van der Waals surface area contributed by atoms with Crippen LogP contribution in [0.15, 0.2) is 60.8 Å². The molecule has 0 spiro atoms. The summed E-state index contributed by atoms with van der Waals surface area (Å²) in [7, 11) is -4.31. The molecule has 1 amide bonds. The van der Waals surface area contributed by atoms with Crippen molar-refractivity contribution in [3.05, 3.63) is 60.8 Å². The van der Waals surface area contributed by atoms with Gasteiger partial charge in [0.1, 0.15) is 6.61 Å². The largest absolute Gasteiger partial charge is 0.472 e. The summed E-state index contributed by atoms with van der Waals surface area (Å²) in [5, 5.41) is 13.6. The first-order valence-electron chi connectivity index (χ1n) is 19.5. The lowest BCUT2D eigenvalue weighted by Crippen LogP contribution is -2.52. The first-order valence-corrected chi connectivity index (χ1v) is 21.0. The molecule has 3 atom stereocenters. The van der Waals surface area contributed by atoms with E-state index in [-0.39, 0.29) is 25.5 Å². The molecule has 9 heteroatoms. The molecular formula is C40H74N2O6P+. The Morgan fingerprint density at radius 2 is 1.12 bits per heavy atom. The standard InChI is InChI=1S/C40H73N2O6P/c1-3-5-7-9-11-13-15-17-18-19-20-22-24-26-28-30-32-34-40(44)42-38(37-48-49(45,46)47-36-35-41)39(43)33-31-29-27-25-23-21-16-14-12-10-8-6-4-2/h11,13,17-18,20,22,26,28,31,33,38-39,43H,3-10,12,14-16,19,21,23-25,27,29-30,32,34-37,41H2,1-2H3,(H,42,44)(H,45,46)/p+1/b13-11-,18-17-,22-20-,28-26-,33-31+/t38-,39+/m0/s1. The summed E-state index contributed by atoms with van der Waals surface area (Å²) in [4.78, 5) is 22.6. The number of phosphoric ester groups is 1. The number of carbonyl (C=O) groups is 1. The molecule has 0 aromatic carbocycles. The molecular weight excluding hydrogens is 635 g/mol. The number of aliphatic hydroxyl groups excluding tert-OH is 1. The number of carbonyl (C=O) groups excluding carboxylic acids is 1. The average molecular weight is 710 g/mol. The molecule has 1 unspecified atom stereocenters. The second-order valence-electron chi connectivity index (χ2n) is 12.8. The monoisotopic (exact) mass is 710 g/mol. The number of phosphoric acid groups is 1. The molecule has 0 saturated carbocycles. The van der Waals surface area contributed by atoms with Crippen molar-refractivity contribution >= 4 is 13.7 Å². The number of allylic oxidation sites excluding steroid dienone is 9. The van der Waals surface area contributed by atoms with E-state index in [2.05, 4.69) is 73.5 Å². The summed E-state index contributed by atoms with van der Waals surface area (Å²) in [6.45, 7) is 4.42. The molecule has 8 nitrogen and oxygen atoms in total. The van der Waals surface area contributed by atoms with Crippen LogP contribution in [0.5, 0.6) is 0 Å². The maximum absolute atomic E-state index is 12.7. The summed E-state index contributed by atoms with van der Waals surface area (Å²) >= 11 is 0. The van der Waals surface area contributed by atoms with Crippen LogP contribution >= 0.6 is 7.82 Å². The van der Waals surface area contributed by atoms with Gasteiger partial charge in [-0.3, -0.25) is 13.8 Å². The number of amides is 1. The molecule has 0 aromatic rings. The fraction of sp³-hybridized carbons (Fsp3) is 0.725. The van der Waals surface area contributed by atoms with Crippen molar-refractivity contribution in [1.29, 1.82) is 0 Å². The molecule has 0 heterocycles. The second-order valence-corrected chi connectivity index (χ2v) is 14.3. The van der Waals surface area contributed by atoms with Crippen LogP contribution in [0.3, 0.4) is 0 Å². The van der Waals surface area contributed by atoms with E-state index in [1.807, 2.05) is 6.08 Å². The number of aliphatic hydroxyl groups is 1. The third-order valence-electron chi connectivity index (χ3n) is 8.11. The summed E-state index contributed by atoms with van der Waals surface area (Å²) in [5.41, 5.74) is 3.59. The lowest BCUT2D eigenvalue weighted by atomic mass is 10.0. The third-order valence-corrected chi connectivity index (χ3v) is 9.10. The quantitative estimate of drug-likeness (QED) is 0.0294. The minimum Gasteiger partial charge on any atom is -0.387 e. The summed E-state index contributed by atoms with van der Waals surface area (Å²) in [5.74, 6) is -0.242. The van der Waals surface area contributed by atoms with Crippen molar-refractivity contribution in [3.8, 4) is 0 Å². The van der Waals surface area contributed by atoms with E-state index in [1.54, 1.807) is 6.08 Å². The van der Waals surface area contributed by atoms with Crippen molar-refractivity contribution in [2.75, 3.05) is 19.8 Å². The summed E-state index contributed by atoms with van der Waals surface area (Å²) in [6, 6.07) is -0.874. The molecule has 0 saturated heterocycles. The highest BCUT2D eigenvalue weighted by atomic mass is 31.2. The Morgan fingerprint density at radius 1 is 0.673 bits per heavy atom. The van der Waals surface area contributed by atoms with Crippen LogP contribution in [0.2, 0.25) is 0 Å². The fourth-order valence-corrected chi connectivity index (χ4v) is 5.92. The third kappa shape index (κ3) is 34.4. The van der Waals surface area contributed by atoms with E-state index in [9.17, 15) is 19.4 Å². The molecule has 0 aliphatic carbocycles. The number of rotatable bonds is 35. The smallest absolute Gasteiger partial charge is 0.387 e. The van der Waals surface area contributed by atoms with Crippen LogP contribution in [0.1, 0.15) is 155 Å². The van der Waals surface area contributed by atoms with Gasteiger partial charge >= 0.3 is 7.82 Å². The molecule has 0 fully saturated rings. The van der Waals surface area contributed by atoms with Gasteiger partial charge in [-0.15, -0.1) is 0 Å². The summed E-state index contributed by atoms with van der Waals surface area (Å²) in [6.07, 6.45) is 44.2. The highest BCUT2D eigenvalue weighted by Gasteiger charge is 2.27. The number of hydrogen-bond donors (Lipinski definition) is 4. The van der Waals surface area contributed by atoms with Crippen LogP contribution < -0.4 is 11.1 Å². The van der Waals surface area contributed by atoms with E-state index in [4.69, 9.17) is 9.05 Å². The molecule has 0 aliphatic rings. The Balaban J connectivity index is 4.43. The zero-order valence-corrected chi connectivity index (χ0v) is 32.2. The van der Waals surface area contributed by atoms with Crippen molar-refractivity contribution in [1.82, 2.24) is 5.32 Å². The van der Waals surface area contributed by atoms with E-state index in [1.165, 1.54) is 83.5 Å². The van der Waals surface area contributed by atoms with Crippen molar-refractivity contribution in [2.24, 2.45) is 0 Å². The Labute approximate surface area is 300 Å². The lowest BCUT2D eigenvalue weighted by molar-refractivity contribution is -0.371. The van der Waals surface area contributed by atoms with E-state index in [0.717, 1.165) is 44.9 Å². The van der Waals surface area contributed by atoms with Gasteiger partial charge in [0.25, 0.3) is 0 Å². The molecule has 284 valence electrons. The first-order chi connectivity index (χ1) is 23.9. The van der Waals surface area contributed by atoms with Crippen molar-refractivity contribution in [2.45, 2.75) is 167 Å². The second kappa shape index (κ2) is 36.0. The predicted octanol–water partition coefficient (Wildman–Crippen LogP) is 9.61. The highest BCUT2D eigenvalue weighted by molar-refractivity contribution is 7.47. The fourth-order valence-electron chi connectivity index (χ4n) is 5.13. The number of hydrogen-bond acceptors (Lipinski definition) is 5. The molecule has 49 heavy (non-hydrogen) atoms. The maximum atomic E-state index is 12.7. The molecule has 0 aromatic heterocycles. The van der Waals surface area contributed by atoms with Crippen LogP contribution in [-0.2, 0) is 18.4 Å². The minimum absolute atomic E-state index is 0.0241. The number of nitrogens with one attached hydrogen (secondary N) is 1. The summed E-state index contributed by atoms with van der Waals surface area (Å²) < 4.78 is 22.1. The topological polar surface area (TPSA) is 133 Å². The molecule has 0 bridgehead atoms. The van der Waals surface area contributed by atoms with Gasteiger partial charge in [0.2, 0.25) is 5.91 Å². The van der Waals surface area contributed by atoms with Gasteiger partial charge in [-0.2, -0.15) is 0 Å². The van der Waals surface area contributed by atoms with Crippen LogP contribution in [-0.4, -0.2) is 47.8 Å². The van der Waals surface area contributed by atoms with Gasteiger partial charge in [-0.25, -0.2) is 4.57 Å². The van der Waals surface area contributed by atoms with Crippen LogP contribution in [0, 0.1) is 0 Å². The van der Waals surface area contributed by atoms with E-state index in [0.29, 0.717) is 13.0 Å². The zero-order valence-electron chi connectivity index (χ0n) is 31.3. The van der Waals surface area contributed by atoms with Gasteiger partial charge < -0.3 is 21.1 Å². The van der Waals surface area contributed by atoms with Crippen molar-refractivity contribution in [3.63, 3.8) is 0 Å². The van der Waals surface area contributed by atoms with Gasteiger partial charge in [0.05, 0.1) is 25.3 Å².